The second-order valence-corrected chi connectivity index (χ2v) is 5.89. The maximum atomic E-state index is 12.1. The number of nitrogens with one attached hydrogen (secondary N) is 1. The van der Waals surface area contributed by atoms with Gasteiger partial charge in [0.15, 0.2) is 0 Å². The first kappa shape index (κ1) is 16.8. The first-order chi connectivity index (χ1) is 12.1. The molecule has 0 radical (unpaired) electrons. The van der Waals surface area contributed by atoms with E-state index in [0.717, 1.165) is 16.8 Å². The summed E-state index contributed by atoms with van der Waals surface area (Å²) in [5, 5.41) is 2.80. The summed E-state index contributed by atoms with van der Waals surface area (Å²) in [6.45, 7) is 2.60. The van der Waals surface area contributed by atoms with Crippen molar-refractivity contribution in [3.63, 3.8) is 0 Å². The Morgan fingerprint density at radius 2 is 1.80 bits per heavy atom. The van der Waals surface area contributed by atoms with E-state index in [2.05, 4.69) is 5.32 Å². The Labute approximate surface area is 146 Å². The Kier molecular flexibility index (Phi) is 5.14. The summed E-state index contributed by atoms with van der Waals surface area (Å²) in [4.78, 5) is 25.6. The van der Waals surface area contributed by atoms with Crippen molar-refractivity contribution in [3.05, 3.63) is 72.3 Å². The highest BCUT2D eigenvalue weighted by Crippen LogP contribution is 2.20. The first-order valence-corrected chi connectivity index (χ1v) is 8.18. The van der Waals surface area contributed by atoms with Crippen LogP contribution in [0.1, 0.15) is 12.5 Å². The number of ether oxygens (including phenoxy) is 1. The standard InChI is InChI=1S/C20H20N2O3/c1-15(16-8-4-2-5-9-16)12-19(23)21-13-18-14-22(20(24)25-18)17-10-6-3-7-11-17/h2-12,18H,13-14H2,1H3,(H,21,23)/b15-12+. The zero-order valence-corrected chi connectivity index (χ0v) is 14.0. The molecule has 3 rings (SSSR count). The predicted molar refractivity (Wildman–Crippen MR) is 97.2 cm³/mol. The molecule has 1 heterocycles. The highest BCUT2D eigenvalue weighted by molar-refractivity contribution is 5.95. The highest BCUT2D eigenvalue weighted by Gasteiger charge is 2.32. The van der Waals surface area contributed by atoms with Gasteiger partial charge in [0.1, 0.15) is 6.10 Å². The zero-order valence-electron chi connectivity index (χ0n) is 14.0. The van der Waals surface area contributed by atoms with E-state index in [1.807, 2.05) is 67.6 Å². The lowest BCUT2D eigenvalue weighted by Crippen LogP contribution is -2.33. The molecule has 128 valence electrons. The molecule has 2 aromatic carbocycles. The van der Waals surface area contributed by atoms with E-state index < -0.39 is 0 Å². The first-order valence-electron chi connectivity index (χ1n) is 8.18. The van der Waals surface area contributed by atoms with Crippen LogP contribution in [0.5, 0.6) is 0 Å². The molecule has 1 aliphatic rings. The maximum Gasteiger partial charge on any atom is 0.414 e. The molecule has 1 saturated heterocycles. The Balaban J connectivity index is 1.54. The van der Waals surface area contributed by atoms with Gasteiger partial charge in [-0.3, -0.25) is 9.69 Å². The number of cyclic esters (lactones) is 1. The molecule has 5 nitrogen and oxygen atoms in total. The molecular formula is C20H20N2O3. The number of benzene rings is 2. The fraction of sp³-hybridized carbons (Fsp3) is 0.200. The Hall–Kier alpha value is -3.08. The molecule has 0 aliphatic carbocycles. The van der Waals surface area contributed by atoms with Crippen LogP contribution in [-0.4, -0.2) is 31.2 Å². The molecular weight excluding hydrogens is 316 g/mol. The highest BCUT2D eigenvalue weighted by atomic mass is 16.6. The van der Waals surface area contributed by atoms with Crippen molar-refractivity contribution < 1.29 is 14.3 Å². The van der Waals surface area contributed by atoms with E-state index in [-0.39, 0.29) is 24.6 Å². The van der Waals surface area contributed by atoms with Gasteiger partial charge in [0.05, 0.1) is 13.1 Å². The topological polar surface area (TPSA) is 58.6 Å². The third-order valence-corrected chi connectivity index (χ3v) is 4.02. The summed E-state index contributed by atoms with van der Waals surface area (Å²) in [6, 6.07) is 19.0. The molecule has 0 saturated carbocycles. The van der Waals surface area contributed by atoms with Gasteiger partial charge in [0.2, 0.25) is 5.91 Å². The molecule has 1 N–H and O–H groups in total. The quantitative estimate of drug-likeness (QED) is 0.853. The van der Waals surface area contributed by atoms with Crippen molar-refractivity contribution in [2.75, 3.05) is 18.0 Å². The Morgan fingerprint density at radius 3 is 2.48 bits per heavy atom. The molecule has 1 aliphatic heterocycles. The number of carbonyl (C=O) groups excluding carboxylic acids is 2. The molecule has 2 aromatic rings. The minimum atomic E-state index is -0.388. The fourth-order valence-corrected chi connectivity index (χ4v) is 2.69. The van der Waals surface area contributed by atoms with Gasteiger partial charge in [-0.05, 0) is 30.2 Å². The smallest absolute Gasteiger partial charge is 0.414 e. The van der Waals surface area contributed by atoms with E-state index >= 15 is 0 Å². The normalized spacial score (nSPS) is 17.3. The number of hydrogen-bond donors (Lipinski definition) is 1. The number of nitrogens with zero attached hydrogens (tertiary/aromatic N) is 1. The molecule has 5 heteroatoms. The van der Waals surface area contributed by atoms with Crippen LogP contribution in [0.2, 0.25) is 0 Å². The monoisotopic (exact) mass is 336 g/mol. The van der Waals surface area contributed by atoms with Gasteiger partial charge in [0.25, 0.3) is 0 Å². The molecule has 25 heavy (non-hydrogen) atoms. The number of carbonyl (C=O) groups is 2. The van der Waals surface area contributed by atoms with Crippen LogP contribution in [0.25, 0.3) is 5.57 Å². The summed E-state index contributed by atoms with van der Waals surface area (Å²) in [6.07, 6.45) is 0.810. The second-order valence-electron chi connectivity index (χ2n) is 5.89. The molecule has 1 unspecified atom stereocenters. The Morgan fingerprint density at radius 1 is 1.16 bits per heavy atom. The summed E-state index contributed by atoms with van der Waals surface area (Å²) < 4.78 is 5.32. The van der Waals surface area contributed by atoms with Crippen molar-refractivity contribution in [1.82, 2.24) is 5.32 Å². The lowest BCUT2D eigenvalue weighted by molar-refractivity contribution is -0.116. The average molecular weight is 336 g/mol. The molecule has 1 atom stereocenters. The van der Waals surface area contributed by atoms with Gasteiger partial charge < -0.3 is 10.1 Å². The molecule has 0 bridgehead atoms. The minimum Gasteiger partial charge on any atom is -0.442 e. The fourth-order valence-electron chi connectivity index (χ4n) is 2.69. The number of rotatable bonds is 5. The summed E-state index contributed by atoms with van der Waals surface area (Å²) in [5.41, 5.74) is 2.67. The minimum absolute atomic E-state index is 0.199. The van der Waals surface area contributed by atoms with Crippen LogP contribution in [0.4, 0.5) is 10.5 Å². The zero-order chi connectivity index (χ0) is 17.6. The van der Waals surface area contributed by atoms with Crippen LogP contribution in [0.15, 0.2) is 66.7 Å². The van der Waals surface area contributed by atoms with Gasteiger partial charge in [0, 0.05) is 11.8 Å². The lowest BCUT2D eigenvalue weighted by Gasteiger charge is -2.12. The second kappa shape index (κ2) is 7.66. The largest absolute Gasteiger partial charge is 0.442 e. The maximum absolute atomic E-state index is 12.1. The van der Waals surface area contributed by atoms with E-state index in [1.165, 1.54) is 0 Å². The number of anilines is 1. The molecule has 0 aromatic heterocycles. The number of amides is 2. The van der Waals surface area contributed by atoms with Crippen LogP contribution < -0.4 is 10.2 Å². The van der Waals surface area contributed by atoms with Gasteiger partial charge in [-0.15, -0.1) is 0 Å². The van der Waals surface area contributed by atoms with Crippen LogP contribution >= 0.6 is 0 Å². The Bertz CT molecular complexity index is 772. The van der Waals surface area contributed by atoms with Crippen molar-refractivity contribution in [1.29, 1.82) is 0 Å². The number of allylic oxidation sites excluding steroid dienone is 1. The SMILES string of the molecule is C/C(=C\C(=O)NCC1CN(c2ccccc2)C(=O)O1)c1ccccc1. The van der Waals surface area contributed by atoms with Gasteiger partial charge in [-0.25, -0.2) is 4.79 Å². The predicted octanol–water partition coefficient (Wildman–Crippen LogP) is 3.23. The van der Waals surface area contributed by atoms with Crippen LogP contribution in [0.3, 0.4) is 0 Å². The van der Waals surface area contributed by atoms with E-state index in [4.69, 9.17) is 4.74 Å². The third kappa shape index (κ3) is 4.26. The molecule has 0 spiro atoms. The van der Waals surface area contributed by atoms with Crippen LogP contribution in [0, 0.1) is 0 Å². The third-order valence-electron chi connectivity index (χ3n) is 4.02. The molecule has 2 amide bonds. The summed E-state index contributed by atoms with van der Waals surface area (Å²) in [7, 11) is 0. The lowest BCUT2D eigenvalue weighted by atomic mass is 10.1. The van der Waals surface area contributed by atoms with E-state index in [0.29, 0.717) is 6.54 Å². The molecule has 1 fully saturated rings. The van der Waals surface area contributed by atoms with Gasteiger partial charge >= 0.3 is 6.09 Å². The summed E-state index contributed by atoms with van der Waals surface area (Å²) >= 11 is 0. The number of hydrogen-bond acceptors (Lipinski definition) is 3. The van der Waals surface area contributed by atoms with E-state index in [1.54, 1.807) is 11.0 Å². The van der Waals surface area contributed by atoms with Crippen molar-refractivity contribution in [3.8, 4) is 0 Å². The van der Waals surface area contributed by atoms with E-state index in [9.17, 15) is 9.59 Å². The average Bonchev–Trinajstić information content (AvgIpc) is 3.02. The van der Waals surface area contributed by atoms with Crippen molar-refractivity contribution in [2.45, 2.75) is 13.0 Å². The van der Waals surface area contributed by atoms with Crippen molar-refractivity contribution in [2.24, 2.45) is 0 Å². The summed E-state index contributed by atoms with van der Waals surface area (Å²) in [5.74, 6) is -0.199. The van der Waals surface area contributed by atoms with Crippen molar-refractivity contribution >= 4 is 23.3 Å². The van der Waals surface area contributed by atoms with Crippen LogP contribution in [-0.2, 0) is 9.53 Å². The number of para-hydroxylation sites is 1. The van der Waals surface area contributed by atoms with Gasteiger partial charge in [-0.2, -0.15) is 0 Å². The van der Waals surface area contributed by atoms with Gasteiger partial charge in [-0.1, -0.05) is 48.5 Å².